The summed E-state index contributed by atoms with van der Waals surface area (Å²) in [5, 5.41) is 12.6. The molecule has 2 aromatic carbocycles. The number of allylic oxidation sites excluding steroid dienone is 3. The van der Waals surface area contributed by atoms with E-state index in [1.165, 1.54) is 6.92 Å². The third-order valence-electron chi connectivity index (χ3n) is 8.72. The van der Waals surface area contributed by atoms with E-state index < -0.39 is 16.4 Å². The summed E-state index contributed by atoms with van der Waals surface area (Å²) in [4.78, 5) is 27.5. The molecule has 2 aromatic rings. The maximum Gasteiger partial charge on any atom is 0.302 e. The van der Waals surface area contributed by atoms with Crippen LogP contribution >= 0.6 is 0 Å². The Hall–Kier alpha value is -3.18. The largest absolute Gasteiger partial charge is 0.466 e. The third kappa shape index (κ3) is 5.60. The molecule has 1 fully saturated rings. The number of esters is 1. The zero-order valence-corrected chi connectivity index (χ0v) is 23.9. The quantitative estimate of drug-likeness (QED) is 0.353. The van der Waals surface area contributed by atoms with Crippen LogP contribution in [0.15, 0.2) is 84.6 Å². The minimum Gasteiger partial charge on any atom is -0.466 e. The Balaban J connectivity index is 1.76. The number of hydrogen-bond acceptors (Lipinski definition) is 5. The van der Waals surface area contributed by atoms with Gasteiger partial charge in [-0.25, -0.2) is 0 Å². The van der Waals surface area contributed by atoms with Gasteiger partial charge in [0.15, 0.2) is 0 Å². The molecular weight excluding hydrogens is 486 g/mol. The Kier molecular flexibility index (Phi) is 8.80. The number of piperidine rings is 1. The first-order valence-corrected chi connectivity index (χ1v) is 14.3. The Morgan fingerprint density at radius 1 is 1.03 bits per heavy atom. The van der Waals surface area contributed by atoms with E-state index in [9.17, 15) is 14.7 Å². The van der Waals surface area contributed by atoms with Gasteiger partial charge in [-0.2, -0.15) is 0 Å². The summed E-state index contributed by atoms with van der Waals surface area (Å²) in [5.74, 6) is -0.159. The average molecular weight is 530 g/mol. The first-order chi connectivity index (χ1) is 18.7. The van der Waals surface area contributed by atoms with Gasteiger partial charge in [-0.3, -0.25) is 9.59 Å². The lowest BCUT2D eigenvalue weighted by atomic mass is 9.58. The van der Waals surface area contributed by atoms with Gasteiger partial charge in [0.2, 0.25) is 0 Å². The minimum atomic E-state index is -1.20. The van der Waals surface area contributed by atoms with E-state index in [1.807, 2.05) is 67.6 Å². The first-order valence-electron chi connectivity index (χ1n) is 14.3. The molecule has 208 valence electrons. The number of carbonyl (C=O) groups is 2. The highest BCUT2D eigenvalue weighted by Crippen LogP contribution is 2.51. The van der Waals surface area contributed by atoms with Crippen LogP contribution in [-0.4, -0.2) is 41.0 Å². The molecule has 1 N–H and O–H groups in total. The predicted octanol–water partition coefficient (Wildman–Crippen LogP) is 6.57. The molecule has 1 aliphatic carbocycles. The summed E-state index contributed by atoms with van der Waals surface area (Å²) >= 11 is 0. The van der Waals surface area contributed by atoms with Crippen LogP contribution in [0, 0.1) is 10.8 Å². The van der Waals surface area contributed by atoms with E-state index in [-0.39, 0.29) is 24.4 Å². The van der Waals surface area contributed by atoms with E-state index in [4.69, 9.17) is 4.74 Å². The van der Waals surface area contributed by atoms with Crippen molar-refractivity contribution in [2.45, 2.75) is 77.9 Å². The van der Waals surface area contributed by atoms with Gasteiger partial charge in [-0.05, 0) is 49.3 Å². The molecule has 0 spiro atoms. The lowest BCUT2D eigenvalue weighted by Crippen LogP contribution is -2.54. The number of benzene rings is 2. The van der Waals surface area contributed by atoms with Gasteiger partial charge in [-0.15, -0.1) is 0 Å². The van der Waals surface area contributed by atoms with Crippen molar-refractivity contribution in [3.05, 3.63) is 95.7 Å². The molecule has 0 bridgehead atoms. The maximum absolute atomic E-state index is 13.6. The molecule has 0 radical (unpaired) electrons. The fraction of sp³-hybridized carbons (Fsp3) is 0.471. The number of ketones is 1. The number of carbonyl (C=O) groups excluding carboxylic acids is 2. The van der Waals surface area contributed by atoms with E-state index in [0.717, 1.165) is 49.1 Å². The van der Waals surface area contributed by atoms with E-state index in [0.29, 0.717) is 12.8 Å². The molecule has 1 saturated heterocycles. The average Bonchev–Trinajstić information content (AvgIpc) is 2.94. The molecule has 1 aliphatic heterocycles. The Morgan fingerprint density at radius 2 is 1.64 bits per heavy atom. The summed E-state index contributed by atoms with van der Waals surface area (Å²) in [5.41, 5.74) is 0.306. The number of nitrogens with zero attached hydrogens (tertiary/aromatic N) is 1. The van der Waals surface area contributed by atoms with E-state index in [2.05, 4.69) is 37.0 Å². The summed E-state index contributed by atoms with van der Waals surface area (Å²) in [6, 6.07) is 19.8. The minimum absolute atomic E-state index is 0.175. The van der Waals surface area contributed by atoms with Crippen LogP contribution in [0.1, 0.15) is 77.3 Å². The van der Waals surface area contributed by atoms with Crippen molar-refractivity contribution >= 4 is 11.8 Å². The molecule has 2 unspecified atom stereocenters. The van der Waals surface area contributed by atoms with Crippen molar-refractivity contribution < 1.29 is 19.4 Å². The van der Waals surface area contributed by atoms with Crippen molar-refractivity contribution in [3.63, 3.8) is 0 Å². The van der Waals surface area contributed by atoms with Crippen LogP contribution in [-0.2, 0) is 19.9 Å². The molecule has 0 saturated carbocycles. The SMILES string of the molecule is CCCC(=O)C1(CCOC(C)=O)C=CC(N2CCCCC2C(O)(c2ccccc2)c2ccccc2)=CC1(C)C. The van der Waals surface area contributed by atoms with Crippen molar-refractivity contribution in [1.82, 2.24) is 4.90 Å². The highest BCUT2D eigenvalue weighted by Gasteiger charge is 2.50. The Morgan fingerprint density at radius 3 is 2.18 bits per heavy atom. The number of hydrogen-bond donors (Lipinski definition) is 1. The Bertz CT molecular complexity index is 1160. The number of Topliss-reactive ketones (excluding diaryl/α,β-unsaturated/α-hetero) is 1. The van der Waals surface area contributed by atoms with Crippen LogP contribution in [0.25, 0.3) is 0 Å². The highest BCUT2D eigenvalue weighted by atomic mass is 16.5. The van der Waals surface area contributed by atoms with E-state index in [1.54, 1.807) is 0 Å². The van der Waals surface area contributed by atoms with Crippen LogP contribution in [0.4, 0.5) is 0 Å². The van der Waals surface area contributed by atoms with Gasteiger partial charge in [0.25, 0.3) is 0 Å². The number of likely N-dealkylation sites (tertiary alicyclic amines) is 1. The lowest BCUT2D eigenvalue weighted by Gasteiger charge is -2.51. The molecule has 4 rings (SSSR count). The van der Waals surface area contributed by atoms with Crippen molar-refractivity contribution in [1.29, 1.82) is 0 Å². The van der Waals surface area contributed by atoms with Gasteiger partial charge < -0.3 is 14.7 Å². The van der Waals surface area contributed by atoms with Crippen LogP contribution < -0.4 is 0 Å². The second kappa shape index (κ2) is 11.9. The molecule has 5 heteroatoms. The number of rotatable bonds is 10. The van der Waals surface area contributed by atoms with Crippen LogP contribution in [0.2, 0.25) is 0 Å². The Labute approximate surface area is 233 Å². The van der Waals surface area contributed by atoms with Crippen LogP contribution in [0.3, 0.4) is 0 Å². The van der Waals surface area contributed by atoms with Crippen molar-refractivity contribution in [3.8, 4) is 0 Å². The standard InChI is InChI=1S/C34H43NO4/c1-5-14-31(37)33(22-24-39-26(2)36)21-20-29(25-32(33,3)4)35-23-13-12-19-30(35)34(38,27-15-8-6-9-16-27)28-17-10-7-11-18-28/h6-11,15-18,20-21,25,30,38H,5,12-14,19,22-24H2,1-4H3. The number of aliphatic hydroxyl groups is 1. The van der Waals surface area contributed by atoms with Gasteiger partial charge in [-0.1, -0.05) is 93.6 Å². The first kappa shape index (κ1) is 28.8. The fourth-order valence-corrected chi connectivity index (χ4v) is 6.58. The summed E-state index contributed by atoms with van der Waals surface area (Å²) in [6.07, 6.45) is 10.9. The van der Waals surface area contributed by atoms with Crippen molar-refractivity contribution in [2.75, 3.05) is 13.2 Å². The van der Waals surface area contributed by atoms with E-state index >= 15 is 0 Å². The molecule has 1 heterocycles. The van der Waals surface area contributed by atoms with Gasteiger partial charge in [0.05, 0.1) is 18.1 Å². The third-order valence-corrected chi connectivity index (χ3v) is 8.72. The zero-order valence-electron chi connectivity index (χ0n) is 23.9. The fourth-order valence-electron chi connectivity index (χ4n) is 6.58. The zero-order chi connectivity index (χ0) is 28.1. The molecule has 0 aromatic heterocycles. The summed E-state index contributed by atoms with van der Waals surface area (Å²) in [7, 11) is 0. The molecule has 2 aliphatic rings. The normalized spacial score (nSPS) is 22.7. The topological polar surface area (TPSA) is 66.8 Å². The second-order valence-corrected chi connectivity index (χ2v) is 11.6. The monoisotopic (exact) mass is 529 g/mol. The van der Waals surface area contributed by atoms with Gasteiger partial charge in [0, 0.05) is 31.0 Å². The van der Waals surface area contributed by atoms with Gasteiger partial charge in [0.1, 0.15) is 11.4 Å². The predicted molar refractivity (Wildman–Crippen MR) is 155 cm³/mol. The van der Waals surface area contributed by atoms with Crippen molar-refractivity contribution in [2.24, 2.45) is 10.8 Å². The molecule has 2 atom stereocenters. The summed E-state index contributed by atoms with van der Waals surface area (Å²) < 4.78 is 5.30. The van der Waals surface area contributed by atoms with Crippen LogP contribution in [0.5, 0.6) is 0 Å². The number of ether oxygens (including phenoxy) is 1. The second-order valence-electron chi connectivity index (χ2n) is 11.6. The van der Waals surface area contributed by atoms with Gasteiger partial charge >= 0.3 is 5.97 Å². The molecule has 39 heavy (non-hydrogen) atoms. The smallest absolute Gasteiger partial charge is 0.302 e. The lowest BCUT2D eigenvalue weighted by molar-refractivity contribution is -0.144. The molecular formula is C34H43NO4. The molecule has 0 amide bonds. The molecule has 5 nitrogen and oxygen atoms in total. The summed E-state index contributed by atoms with van der Waals surface area (Å²) in [6.45, 7) is 8.66. The highest BCUT2D eigenvalue weighted by molar-refractivity contribution is 5.88. The maximum atomic E-state index is 13.6.